The zero-order chi connectivity index (χ0) is 18.9. The summed E-state index contributed by atoms with van der Waals surface area (Å²) in [5, 5.41) is 21.6. The first-order chi connectivity index (χ1) is 13.0. The highest BCUT2D eigenvalue weighted by molar-refractivity contribution is 5.35. The topological polar surface area (TPSA) is 43.7 Å². The van der Waals surface area contributed by atoms with Crippen molar-refractivity contribution in [1.82, 2.24) is 4.90 Å². The molecule has 2 aromatic carbocycles. The van der Waals surface area contributed by atoms with E-state index in [2.05, 4.69) is 23.1 Å². The predicted octanol–water partition coefficient (Wildman–Crippen LogP) is 3.72. The van der Waals surface area contributed by atoms with E-state index in [1.807, 2.05) is 0 Å². The van der Waals surface area contributed by atoms with Crippen molar-refractivity contribution < 1.29 is 14.6 Å². The Morgan fingerprint density at radius 2 is 1.63 bits per heavy atom. The van der Waals surface area contributed by atoms with Gasteiger partial charge in [0, 0.05) is 19.6 Å². The fourth-order valence-corrected chi connectivity index (χ4v) is 4.46. The maximum absolute atomic E-state index is 13.1. The molecule has 1 unspecified atom stereocenters. The number of likely N-dealkylation sites (tertiary alicyclic amines) is 1. The summed E-state index contributed by atoms with van der Waals surface area (Å²) >= 11 is 0. The molecule has 3 nitrogen and oxygen atoms in total. The standard InChI is InChI=1S/C23H28FNO2/c24-21-9-7-20(8-10-21)23(27)11-13-25(14-12-23)16-22(26)19-6-5-17-3-1-2-4-18(17)15-19/h5-10,15,22,26-27H,1-4,11-14,16H2. The van der Waals surface area contributed by atoms with Crippen molar-refractivity contribution in [2.45, 2.75) is 50.2 Å². The van der Waals surface area contributed by atoms with Crippen molar-refractivity contribution in [2.75, 3.05) is 19.6 Å². The Bertz CT molecular complexity index is 781. The fraction of sp³-hybridized carbons (Fsp3) is 0.478. The molecule has 0 amide bonds. The third kappa shape index (κ3) is 4.08. The highest BCUT2D eigenvalue weighted by atomic mass is 19.1. The Balaban J connectivity index is 1.36. The first kappa shape index (κ1) is 18.6. The Labute approximate surface area is 160 Å². The van der Waals surface area contributed by atoms with Gasteiger partial charge < -0.3 is 15.1 Å². The molecule has 2 N–H and O–H groups in total. The molecule has 4 heteroatoms. The van der Waals surface area contributed by atoms with Crippen molar-refractivity contribution in [3.63, 3.8) is 0 Å². The summed E-state index contributed by atoms with van der Waals surface area (Å²) in [7, 11) is 0. The lowest BCUT2D eigenvalue weighted by molar-refractivity contribution is -0.0345. The number of aryl methyl sites for hydroxylation is 2. The van der Waals surface area contributed by atoms with E-state index in [0.29, 0.717) is 19.4 Å². The van der Waals surface area contributed by atoms with E-state index in [-0.39, 0.29) is 5.82 Å². The van der Waals surface area contributed by atoms with Gasteiger partial charge in [0.05, 0.1) is 11.7 Å². The molecule has 1 fully saturated rings. The van der Waals surface area contributed by atoms with Gasteiger partial charge >= 0.3 is 0 Å². The summed E-state index contributed by atoms with van der Waals surface area (Å²) in [5.41, 5.74) is 3.69. The van der Waals surface area contributed by atoms with E-state index in [1.165, 1.54) is 36.1 Å². The van der Waals surface area contributed by atoms with E-state index in [4.69, 9.17) is 0 Å². The first-order valence-electron chi connectivity index (χ1n) is 10.0. The summed E-state index contributed by atoms with van der Waals surface area (Å²) in [6, 6.07) is 12.6. The maximum atomic E-state index is 13.1. The Morgan fingerprint density at radius 1 is 0.963 bits per heavy atom. The molecule has 1 saturated heterocycles. The van der Waals surface area contributed by atoms with E-state index < -0.39 is 11.7 Å². The summed E-state index contributed by atoms with van der Waals surface area (Å²) < 4.78 is 13.1. The van der Waals surface area contributed by atoms with Gasteiger partial charge in [0.15, 0.2) is 0 Å². The van der Waals surface area contributed by atoms with Gasteiger partial charge in [0.1, 0.15) is 5.82 Å². The lowest BCUT2D eigenvalue weighted by atomic mass is 9.84. The molecular weight excluding hydrogens is 341 g/mol. The van der Waals surface area contributed by atoms with Gasteiger partial charge in [-0.2, -0.15) is 0 Å². The number of rotatable bonds is 4. The monoisotopic (exact) mass is 369 g/mol. The average molecular weight is 369 g/mol. The number of nitrogens with zero attached hydrogens (tertiary/aromatic N) is 1. The molecule has 1 aliphatic carbocycles. The van der Waals surface area contributed by atoms with Gasteiger partial charge in [0.2, 0.25) is 0 Å². The first-order valence-corrected chi connectivity index (χ1v) is 10.0. The molecular formula is C23H28FNO2. The van der Waals surface area contributed by atoms with E-state index in [9.17, 15) is 14.6 Å². The molecule has 1 atom stereocenters. The number of fused-ring (bicyclic) bond motifs is 1. The third-order valence-corrected chi connectivity index (χ3v) is 6.25. The van der Waals surface area contributed by atoms with E-state index in [0.717, 1.165) is 37.1 Å². The minimum atomic E-state index is -0.902. The number of β-amino-alcohol motifs (C(OH)–C–C–N with tert-alkyl or cyclic N) is 1. The normalized spacial score (nSPS) is 20.9. The fourth-order valence-electron chi connectivity index (χ4n) is 4.46. The highest BCUT2D eigenvalue weighted by Crippen LogP contribution is 2.33. The van der Waals surface area contributed by atoms with Gasteiger partial charge in [-0.15, -0.1) is 0 Å². The van der Waals surface area contributed by atoms with Crippen LogP contribution in [0.4, 0.5) is 4.39 Å². The van der Waals surface area contributed by atoms with Gasteiger partial charge in [-0.3, -0.25) is 0 Å². The number of benzene rings is 2. The molecule has 0 bridgehead atoms. The molecule has 0 radical (unpaired) electrons. The van der Waals surface area contributed by atoms with Crippen LogP contribution in [0.3, 0.4) is 0 Å². The van der Waals surface area contributed by atoms with Gasteiger partial charge in [-0.1, -0.05) is 30.3 Å². The van der Waals surface area contributed by atoms with Crippen LogP contribution in [0.2, 0.25) is 0 Å². The smallest absolute Gasteiger partial charge is 0.123 e. The van der Waals surface area contributed by atoms with Crippen molar-refractivity contribution in [1.29, 1.82) is 0 Å². The summed E-state index contributed by atoms with van der Waals surface area (Å²) in [6.45, 7) is 2.02. The van der Waals surface area contributed by atoms with Crippen LogP contribution in [0.25, 0.3) is 0 Å². The quantitative estimate of drug-likeness (QED) is 0.863. The molecule has 0 saturated carbocycles. The van der Waals surface area contributed by atoms with Gasteiger partial charge in [-0.25, -0.2) is 4.39 Å². The van der Waals surface area contributed by atoms with Crippen LogP contribution in [0.15, 0.2) is 42.5 Å². The Morgan fingerprint density at radius 3 is 2.33 bits per heavy atom. The molecule has 2 aromatic rings. The zero-order valence-corrected chi connectivity index (χ0v) is 15.7. The second-order valence-electron chi connectivity index (χ2n) is 8.09. The SMILES string of the molecule is OC(CN1CCC(O)(c2ccc(F)cc2)CC1)c1ccc2c(c1)CCCC2. The molecule has 1 heterocycles. The molecule has 4 rings (SSSR count). The number of piperidine rings is 1. The average Bonchev–Trinajstić information content (AvgIpc) is 2.70. The van der Waals surface area contributed by atoms with Crippen LogP contribution in [0, 0.1) is 5.82 Å². The van der Waals surface area contributed by atoms with Crippen molar-refractivity contribution >= 4 is 0 Å². The van der Waals surface area contributed by atoms with Crippen molar-refractivity contribution in [3.05, 3.63) is 70.5 Å². The van der Waals surface area contributed by atoms with Crippen LogP contribution in [-0.4, -0.2) is 34.7 Å². The summed E-state index contributed by atoms with van der Waals surface area (Å²) in [6.07, 6.45) is 5.45. The third-order valence-electron chi connectivity index (χ3n) is 6.25. The minimum absolute atomic E-state index is 0.284. The molecule has 27 heavy (non-hydrogen) atoms. The molecule has 0 aromatic heterocycles. The number of hydrogen-bond acceptors (Lipinski definition) is 3. The van der Waals surface area contributed by atoms with Crippen molar-refractivity contribution in [2.24, 2.45) is 0 Å². The minimum Gasteiger partial charge on any atom is -0.387 e. The van der Waals surface area contributed by atoms with E-state index in [1.54, 1.807) is 12.1 Å². The molecule has 1 aliphatic heterocycles. The summed E-state index contributed by atoms with van der Waals surface area (Å²) in [5.74, 6) is -0.284. The largest absolute Gasteiger partial charge is 0.387 e. The second kappa shape index (κ2) is 7.70. The van der Waals surface area contributed by atoms with Gasteiger partial charge in [0.25, 0.3) is 0 Å². The number of hydrogen-bond donors (Lipinski definition) is 2. The zero-order valence-electron chi connectivity index (χ0n) is 15.7. The molecule has 2 aliphatic rings. The van der Waals surface area contributed by atoms with Crippen molar-refractivity contribution in [3.8, 4) is 0 Å². The van der Waals surface area contributed by atoms with E-state index >= 15 is 0 Å². The van der Waals surface area contributed by atoms with Crippen LogP contribution in [0.5, 0.6) is 0 Å². The second-order valence-corrected chi connectivity index (χ2v) is 8.09. The Kier molecular flexibility index (Phi) is 5.31. The van der Waals surface area contributed by atoms with Crippen LogP contribution in [0.1, 0.15) is 54.0 Å². The maximum Gasteiger partial charge on any atom is 0.123 e. The lowest BCUT2D eigenvalue weighted by Crippen LogP contribution is -2.44. The van der Waals surface area contributed by atoms with Crippen LogP contribution >= 0.6 is 0 Å². The highest BCUT2D eigenvalue weighted by Gasteiger charge is 2.34. The lowest BCUT2D eigenvalue weighted by Gasteiger charge is -2.39. The molecule has 0 spiro atoms. The van der Waals surface area contributed by atoms with Crippen LogP contribution in [-0.2, 0) is 18.4 Å². The molecule has 144 valence electrons. The predicted molar refractivity (Wildman–Crippen MR) is 104 cm³/mol. The Hall–Kier alpha value is -1.75. The number of aliphatic hydroxyl groups is 2. The number of halogens is 1. The number of aliphatic hydroxyl groups excluding tert-OH is 1. The van der Waals surface area contributed by atoms with Gasteiger partial charge in [-0.05, 0) is 72.9 Å². The summed E-state index contributed by atoms with van der Waals surface area (Å²) in [4.78, 5) is 2.21. The van der Waals surface area contributed by atoms with Crippen LogP contribution < -0.4 is 0 Å².